The minimum atomic E-state index is -0.698. The van der Waals surface area contributed by atoms with E-state index in [1.807, 2.05) is 42.5 Å². The molecule has 0 aliphatic rings. The van der Waals surface area contributed by atoms with E-state index in [0.29, 0.717) is 11.3 Å². The Morgan fingerprint density at radius 2 is 2.06 bits per heavy atom. The van der Waals surface area contributed by atoms with Gasteiger partial charge in [-0.2, -0.15) is 10.2 Å². The first kappa shape index (κ1) is 19.8. The topological polar surface area (TPSA) is 125 Å². The number of nitro groups is 1. The third-order valence-electron chi connectivity index (χ3n) is 4.38. The van der Waals surface area contributed by atoms with E-state index in [0.717, 1.165) is 16.5 Å². The lowest BCUT2D eigenvalue weighted by Crippen LogP contribution is -2.18. The number of furan rings is 1. The highest BCUT2D eigenvalue weighted by molar-refractivity contribution is 5.89. The second-order valence-corrected chi connectivity index (χ2v) is 6.39. The molecule has 0 bridgehead atoms. The zero-order valence-electron chi connectivity index (χ0n) is 16.4. The maximum atomic E-state index is 11.5. The van der Waals surface area contributed by atoms with E-state index in [1.54, 1.807) is 17.8 Å². The molecule has 0 aliphatic carbocycles. The van der Waals surface area contributed by atoms with Crippen LogP contribution < -0.4 is 5.43 Å². The first-order valence-electron chi connectivity index (χ1n) is 9.34. The fourth-order valence-corrected chi connectivity index (χ4v) is 3.00. The Morgan fingerprint density at radius 3 is 2.81 bits per heavy atom. The van der Waals surface area contributed by atoms with Crippen molar-refractivity contribution in [3.63, 3.8) is 0 Å². The third kappa shape index (κ3) is 4.27. The average Bonchev–Trinajstić information content (AvgIpc) is 3.41. The second kappa shape index (κ2) is 8.49. The number of aromatic nitrogens is 2. The lowest BCUT2D eigenvalue weighted by atomic mass is 10.1. The number of amides is 1. The molecule has 10 nitrogen and oxygen atoms in total. The number of hydrogen-bond donors (Lipinski definition) is 1. The van der Waals surface area contributed by atoms with E-state index < -0.39 is 16.9 Å². The molecule has 2 heterocycles. The fourth-order valence-electron chi connectivity index (χ4n) is 3.00. The van der Waals surface area contributed by atoms with Gasteiger partial charge in [0.15, 0.2) is 5.76 Å². The number of hydrogen-bond acceptors (Lipinski definition) is 7. The molecule has 0 saturated carbocycles. The predicted octanol–water partition coefficient (Wildman–Crippen LogP) is 4.27. The summed E-state index contributed by atoms with van der Waals surface area (Å²) in [5.41, 5.74) is 3.83. The van der Waals surface area contributed by atoms with Crippen LogP contribution in [0.4, 0.5) is 10.7 Å². The number of nitrogens with one attached hydrogen (secondary N) is 1. The van der Waals surface area contributed by atoms with Crippen molar-refractivity contribution in [2.75, 3.05) is 6.61 Å². The molecule has 2 aromatic heterocycles. The Hall–Kier alpha value is -4.47. The Morgan fingerprint density at radius 1 is 1.26 bits per heavy atom. The van der Waals surface area contributed by atoms with E-state index in [2.05, 4.69) is 15.6 Å². The fraction of sp³-hybridized carbons (Fsp3) is 0.0952. The van der Waals surface area contributed by atoms with Gasteiger partial charge in [0.1, 0.15) is 10.6 Å². The number of carbonyl (C=O) groups is 1. The molecule has 0 aliphatic heterocycles. The van der Waals surface area contributed by atoms with Gasteiger partial charge in [-0.25, -0.2) is 14.9 Å². The third-order valence-corrected chi connectivity index (χ3v) is 4.38. The number of rotatable bonds is 6. The zero-order chi connectivity index (χ0) is 21.8. The normalized spacial score (nSPS) is 11.1. The van der Waals surface area contributed by atoms with Crippen LogP contribution in [0.5, 0.6) is 0 Å². The molecule has 10 heteroatoms. The van der Waals surface area contributed by atoms with E-state index in [4.69, 9.17) is 9.15 Å². The van der Waals surface area contributed by atoms with Gasteiger partial charge in [0.2, 0.25) is 0 Å². The van der Waals surface area contributed by atoms with Crippen LogP contribution in [0.1, 0.15) is 12.5 Å². The van der Waals surface area contributed by atoms with Crippen molar-refractivity contribution in [2.24, 2.45) is 5.10 Å². The summed E-state index contributed by atoms with van der Waals surface area (Å²) in [6.45, 7) is 1.89. The Balaban J connectivity index is 1.73. The first-order valence-corrected chi connectivity index (χ1v) is 9.34. The van der Waals surface area contributed by atoms with Crippen LogP contribution >= 0.6 is 0 Å². The molecular weight excluding hydrogens is 402 g/mol. The van der Waals surface area contributed by atoms with Crippen molar-refractivity contribution >= 4 is 29.0 Å². The maximum Gasteiger partial charge on any atom is 0.433 e. The van der Waals surface area contributed by atoms with Crippen molar-refractivity contribution in [1.82, 2.24) is 15.2 Å². The van der Waals surface area contributed by atoms with Crippen molar-refractivity contribution < 1.29 is 18.9 Å². The maximum absolute atomic E-state index is 11.5. The Kier molecular flexibility index (Phi) is 5.43. The number of carbonyl (C=O) groups excluding carboxylic acids is 1. The van der Waals surface area contributed by atoms with Gasteiger partial charge < -0.3 is 9.15 Å². The van der Waals surface area contributed by atoms with Crippen molar-refractivity contribution in [1.29, 1.82) is 0 Å². The SMILES string of the molecule is CCOC(=O)N/N=C/c1cn(-c2ccc3ccccc3c2)nc1-c1ccc([N+](=O)[O-])o1. The van der Waals surface area contributed by atoms with E-state index in [9.17, 15) is 14.9 Å². The summed E-state index contributed by atoms with van der Waals surface area (Å²) in [6.07, 6.45) is 2.35. The smallest absolute Gasteiger partial charge is 0.433 e. The van der Waals surface area contributed by atoms with Crippen molar-refractivity contribution in [2.45, 2.75) is 6.92 Å². The summed E-state index contributed by atoms with van der Waals surface area (Å²) < 4.78 is 11.7. The quantitative estimate of drug-likeness (QED) is 0.283. The standard InChI is InChI=1S/C21H17N5O5/c1-2-30-21(27)23-22-12-16-13-25(17-8-7-14-5-3-4-6-15(14)11-17)24-20(16)18-9-10-19(31-18)26(28)29/h3-13H,2H2,1H3,(H,23,27)/b22-12+. The largest absolute Gasteiger partial charge is 0.449 e. The highest BCUT2D eigenvalue weighted by Gasteiger charge is 2.19. The molecule has 0 atom stereocenters. The van der Waals surface area contributed by atoms with Crippen LogP contribution in [0.15, 0.2) is 70.3 Å². The van der Waals surface area contributed by atoms with Gasteiger partial charge in [0.05, 0.1) is 24.6 Å². The molecule has 0 fully saturated rings. The Bertz CT molecular complexity index is 1290. The van der Waals surface area contributed by atoms with Crippen LogP contribution in [-0.4, -0.2) is 33.6 Å². The molecule has 0 spiro atoms. The molecule has 31 heavy (non-hydrogen) atoms. The monoisotopic (exact) mass is 419 g/mol. The molecule has 0 unspecified atom stereocenters. The van der Waals surface area contributed by atoms with Gasteiger partial charge in [-0.05, 0) is 35.9 Å². The van der Waals surface area contributed by atoms with Crippen LogP contribution in [0.3, 0.4) is 0 Å². The molecule has 2 aromatic carbocycles. The van der Waals surface area contributed by atoms with Gasteiger partial charge in [0.25, 0.3) is 0 Å². The zero-order valence-corrected chi connectivity index (χ0v) is 16.4. The van der Waals surface area contributed by atoms with E-state index in [-0.39, 0.29) is 12.4 Å². The molecule has 1 N–H and O–H groups in total. The molecule has 0 radical (unpaired) electrons. The van der Waals surface area contributed by atoms with Crippen molar-refractivity contribution in [3.8, 4) is 17.1 Å². The van der Waals surface area contributed by atoms with Gasteiger partial charge in [-0.3, -0.25) is 10.1 Å². The number of benzene rings is 2. The number of fused-ring (bicyclic) bond motifs is 1. The molecule has 0 saturated heterocycles. The van der Waals surface area contributed by atoms with Crippen LogP contribution in [-0.2, 0) is 4.74 Å². The first-order chi connectivity index (χ1) is 15.0. The van der Waals surface area contributed by atoms with Gasteiger partial charge in [0, 0.05) is 11.8 Å². The van der Waals surface area contributed by atoms with Crippen LogP contribution in [0, 0.1) is 10.1 Å². The van der Waals surface area contributed by atoms with Gasteiger partial charge in [-0.1, -0.05) is 30.3 Å². The van der Waals surface area contributed by atoms with E-state index >= 15 is 0 Å². The molecule has 4 aromatic rings. The average molecular weight is 419 g/mol. The summed E-state index contributed by atoms with van der Waals surface area (Å²) in [7, 11) is 0. The summed E-state index contributed by atoms with van der Waals surface area (Å²) in [5.74, 6) is -0.202. The van der Waals surface area contributed by atoms with Crippen LogP contribution in [0.25, 0.3) is 27.9 Å². The number of ether oxygens (including phenoxy) is 1. The lowest BCUT2D eigenvalue weighted by Gasteiger charge is -2.03. The Labute approximate surface area is 175 Å². The number of hydrazone groups is 1. The molecule has 1 amide bonds. The summed E-state index contributed by atoms with van der Waals surface area (Å²) in [6, 6.07) is 16.5. The number of nitrogens with zero attached hydrogens (tertiary/aromatic N) is 4. The second-order valence-electron chi connectivity index (χ2n) is 6.39. The molecular formula is C21H17N5O5. The highest BCUT2D eigenvalue weighted by Crippen LogP contribution is 2.28. The summed E-state index contributed by atoms with van der Waals surface area (Å²) >= 11 is 0. The highest BCUT2D eigenvalue weighted by atomic mass is 16.6. The van der Waals surface area contributed by atoms with E-state index in [1.165, 1.54) is 18.3 Å². The summed E-state index contributed by atoms with van der Waals surface area (Å²) in [5, 5.41) is 21.5. The summed E-state index contributed by atoms with van der Waals surface area (Å²) in [4.78, 5) is 21.8. The van der Waals surface area contributed by atoms with Crippen molar-refractivity contribution in [3.05, 3.63) is 76.5 Å². The molecule has 4 rings (SSSR count). The lowest BCUT2D eigenvalue weighted by molar-refractivity contribution is -0.401. The predicted molar refractivity (Wildman–Crippen MR) is 113 cm³/mol. The van der Waals surface area contributed by atoms with Crippen LogP contribution in [0.2, 0.25) is 0 Å². The van der Waals surface area contributed by atoms with Gasteiger partial charge in [-0.15, -0.1) is 0 Å². The van der Waals surface area contributed by atoms with Gasteiger partial charge >= 0.3 is 12.0 Å². The minimum Gasteiger partial charge on any atom is -0.449 e. The molecule has 156 valence electrons. The minimum absolute atomic E-state index is 0.198.